The number of hydrogen-bond donors (Lipinski definition) is 1. The lowest BCUT2D eigenvalue weighted by atomic mass is 10.3. The van der Waals surface area contributed by atoms with E-state index in [2.05, 4.69) is 5.43 Å². The summed E-state index contributed by atoms with van der Waals surface area (Å²) in [6, 6.07) is 0. The van der Waals surface area contributed by atoms with E-state index in [1.807, 2.05) is 0 Å². The second kappa shape index (κ2) is 4.06. The van der Waals surface area contributed by atoms with Crippen molar-refractivity contribution in [2.24, 2.45) is 0 Å². The summed E-state index contributed by atoms with van der Waals surface area (Å²) in [6.07, 6.45) is 1.60. The molecule has 0 unspecified atom stereocenters. The zero-order valence-corrected chi connectivity index (χ0v) is 7.04. The third-order valence-electron chi connectivity index (χ3n) is 1.93. The Bertz CT molecular complexity index is 175. The van der Waals surface area contributed by atoms with Gasteiger partial charge < -0.3 is 4.90 Å². The van der Waals surface area contributed by atoms with Gasteiger partial charge in [0, 0.05) is 33.1 Å². The second-order valence-electron chi connectivity index (χ2n) is 2.71. The van der Waals surface area contributed by atoms with Crippen molar-refractivity contribution < 1.29 is 9.59 Å². The topological polar surface area (TPSA) is 52.7 Å². The van der Waals surface area contributed by atoms with E-state index < -0.39 is 0 Å². The standard InChI is InChI=1S/C7H12N3O2/c1-7(12)9-2-4-10(5-3-9)8-6-11/h2-5H2,1H3,(H,8,11). The van der Waals surface area contributed by atoms with Crippen LogP contribution in [0.1, 0.15) is 6.92 Å². The predicted octanol–water partition coefficient (Wildman–Crippen LogP) is -1.28. The number of nitrogens with one attached hydrogen (secondary N) is 1. The molecule has 1 rings (SSSR count). The molecule has 0 aromatic heterocycles. The maximum absolute atomic E-state index is 10.9. The molecule has 1 aliphatic rings. The van der Waals surface area contributed by atoms with Crippen molar-refractivity contribution in [1.82, 2.24) is 15.3 Å². The molecule has 1 fully saturated rings. The fourth-order valence-corrected chi connectivity index (χ4v) is 1.20. The van der Waals surface area contributed by atoms with E-state index in [1.165, 1.54) is 0 Å². The van der Waals surface area contributed by atoms with Crippen LogP contribution in [0.15, 0.2) is 0 Å². The Kier molecular flexibility index (Phi) is 3.04. The average molecular weight is 170 g/mol. The van der Waals surface area contributed by atoms with Gasteiger partial charge in [-0.2, -0.15) is 0 Å². The Morgan fingerprint density at radius 1 is 1.33 bits per heavy atom. The SMILES string of the molecule is CC(=O)N1CCN(N[C]=O)CC1. The van der Waals surface area contributed by atoms with Crippen molar-refractivity contribution in [2.75, 3.05) is 26.2 Å². The van der Waals surface area contributed by atoms with Gasteiger partial charge >= 0.3 is 6.41 Å². The Hall–Kier alpha value is -1.10. The lowest BCUT2D eigenvalue weighted by Gasteiger charge is -2.32. The zero-order chi connectivity index (χ0) is 8.97. The first-order valence-corrected chi connectivity index (χ1v) is 3.87. The minimum Gasteiger partial charge on any atom is -0.340 e. The molecule has 1 N–H and O–H groups in total. The summed E-state index contributed by atoms with van der Waals surface area (Å²) >= 11 is 0. The number of amides is 2. The zero-order valence-electron chi connectivity index (χ0n) is 7.04. The number of piperazine rings is 1. The van der Waals surface area contributed by atoms with Crippen LogP contribution in [0.5, 0.6) is 0 Å². The molecule has 1 aliphatic heterocycles. The minimum absolute atomic E-state index is 0.0877. The molecular weight excluding hydrogens is 158 g/mol. The van der Waals surface area contributed by atoms with E-state index in [4.69, 9.17) is 0 Å². The maximum atomic E-state index is 10.9. The highest BCUT2D eigenvalue weighted by atomic mass is 16.2. The monoisotopic (exact) mass is 170 g/mol. The Morgan fingerprint density at radius 2 is 1.92 bits per heavy atom. The summed E-state index contributed by atoms with van der Waals surface area (Å²) < 4.78 is 0. The third kappa shape index (κ3) is 2.20. The largest absolute Gasteiger partial charge is 0.340 e. The average Bonchev–Trinajstić information content (AvgIpc) is 2.06. The molecule has 67 valence electrons. The summed E-state index contributed by atoms with van der Waals surface area (Å²) in [7, 11) is 0. The fraction of sp³-hybridized carbons (Fsp3) is 0.714. The lowest BCUT2D eigenvalue weighted by molar-refractivity contribution is -0.130. The van der Waals surface area contributed by atoms with Crippen LogP contribution in [-0.4, -0.2) is 48.4 Å². The fourth-order valence-electron chi connectivity index (χ4n) is 1.20. The third-order valence-corrected chi connectivity index (χ3v) is 1.93. The Labute approximate surface area is 71.3 Å². The Balaban J connectivity index is 2.29. The minimum atomic E-state index is 0.0877. The Morgan fingerprint density at radius 3 is 2.33 bits per heavy atom. The molecule has 0 aliphatic carbocycles. The summed E-state index contributed by atoms with van der Waals surface area (Å²) in [4.78, 5) is 22.6. The van der Waals surface area contributed by atoms with E-state index in [9.17, 15) is 9.59 Å². The van der Waals surface area contributed by atoms with Crippen molar-refractivity contribution in [3.63, 3.8) is 0 Å². The van der Waals surface area contributed by atoms with Gasteiger partial charge in [0.15, 0.2) is 0 Å². The van der Waals surface area contributed by atoms with Crippen LogP contribution in [0, 0.1) is 0 Å². The van der Waals surface area contributed by atoms with E-state index in [-0.39, 0.29) is 5.91 Å². The van der Waals surface area contributed by atoms with E-state index >= 15 is 0 Å². The molecule has 1 heterocycles. The van der Waals surface area contributed by atoms with Crippen molar-refractivity contribution in [3.8, 4) is 0 Å². The first-order chi connectivity index (χ1) is 5.74. The predicted molar refractivity (Wildman–Crippen MR) is 42.7 cm³/mol. The number of hydrogen-bond acceptors (Lipinski definition) is 3. The molecule has 1 saturated heterocycles. The van der Waals surface area contributed by atoms with Gasteiger partial charge in [0.25, 0.3) is 0 Å². The highest BCUT2D eigenvalue weighted by Crippen LogP contribution is 1.98. The molecule has 0 atom stereocenters. The van der Waals surface area contributed by atoms with E-state index in [1.54, 1.807) is 23.2 Å². The molecule has 0 saturated carbocycles. The summed E-state index contributed by atoms with van der Waals surface area (Å²) in [6.45, 7) is 4.24. The molecule has 0 aromatic rings. The van der Waals surface area contributed by atoms with Gasteiger partial charge in [0.1, 0.15) is 0 Å². The van der Waals surface area contributed by atoms with Gasteiger partial charge in [-0.3, -0.25) is 15.0 Å². The van der Waals surface area contributed by atoms with Crippen molar-refractivity contribution in [2.45, 2.75) is 6.92 Å². The first-order valence-electron chi connectivity index (χ1n) is 3.87. The molecule has 5 heteroatoms. The van der Waals surface area contributed by atoms with Gasteiger partial charge in [-0.25, -0.2) is 5.01 Å². The highest BCUT2D eigenvalue weighted by molar-refractivity contribution is 5.73. The van der Waals surface area contributed by atoms with Crippen LogP contribution in [0.2, 0.25) is 0 Å². The number of nitrogens with zero attached hydrogens (tertiary/aromatic N) is 2. The van der Waals surface area contributed by atoms with Crippen molar-refractivity contribution >= 4 is 12.3 Å². The van der Waals surface area contributed by atoms with Crippen LogP contribution in [0.3, 0.4) is 0 Å². The lowest BCUT2D eigenvalue weighted by Crippen LogP contribution is -2.52. The molecule has 0 spiro atoms. The quantitative estimate of drug-likeness (QED) is 0.525. The molecule has 12 heavy (non-hydrogen) atoms. The van der Waals surface area contributed by atoms with Crippen molar-refractivity contribution in [1.29, 1.82) is 0 Å². The van der Waals surface area contributed by atoms with Gasteiger partial charge in [0.05, 0.1) is 0 Å². The van der Waals surface area contributed by atoms with Gasteiger partial charge in [0.2, 0.25) is 5.91 Å². The first kappa shape index (κ1) is 8.99. The van der Waals surface area contributed by atoms with Crippen LogP contribution in [0.4, 0.5) is 0 Å². The molecule has 5 nitrogen and oxygen atoms in total. The molecule has 2 amide bonds. The number of hydrazine groups is 1. The van der Waals surface area contributed by atoms with Crippen LogP contribution in [-0.2, 0) is 9.59 Å². The molecule has 0 aromatic carbocycles. The van der Waals surface area contributed by atoms with Gasteiger partial charge in [-0.1, -0.05) is 0 Å². The molecule has 1 radical (unpaired) electrons. The summed E-state index contributed by atoms with van der Waals surface area (Å²) in [5.41, 5.74) is 2.43. The van der Waals surface area contributed by atoms with E-state index in [0.717, 1.165) is 0 Å². The molecule has 0 bridgehead atoms. The number of carbonyl (C=O) groups is 1. The normalized spacial score (nSPS) is 18.9. The second-order valence-corrected chi connectivity index (χ2v) is 2.71. The number of carbonyl (C=O) groups excluding carboxylic acids is 2. The molecular formula is C7H12N3O2. The summed E-state index contributed by atoms with van der Waals surface area (Å²) in [5.74, 6) is 0.0877. The van der Waals surface area contributed by atoms with Crippen LogP contribution >= 0.6 is 0 Å². The van der Waals surface area contributed by atoms with Crippen LogP contribution < -0.4 is 5.43 Å². The van der Waals surface area contributed by atoms with E-state index in [0.29, 0.717) is 26.2 Å². The van der Waals surface area contributed by atoms with Crippen molar-refractivity contribution in [3.05, 3.63) is 0 Å². The van der Waals surface area contributed by atoms with Crippen LogP contribution in [0.25, 0.3) is 0 Å². The van der Waals surface area contributed by atoms with Gasteiger partial charge in [-0.05, 0) is 0 Å². The highest BCUT2D eigenvalue weighted by Gasteiger charge is 2.17. The smallest absolute Gasteiger partial charge is 0.324 e. The maximum Gasteiger partial charge on any atom is 0.324 e. The number of rotatable bonds is 2. The van der Waals surface area contributed by atoms with Gasteiger partial charge in [-0.15, -0.1) is 0 Å². The summed E-state index contributed by atoms with van der Waals surface area (Å²) in [5, 5.41) is 1.74.